The van der Waals surface area contributed by atoms with Gasteiger partial charge in [-0.05, 0) is 52.4 Å². The van der Waals surface area contributed by atoms with E-state index in [1.165, 1.54) is 5.56 Å². The summed E-state index contributed by atoms with van der Waals surface area (Å²) in [5, 5.41) is 3.13. The van der Waals surface area contributed by atoms with Crippen LogP contribution in [0.2, 0.25) is 0 Å². The predicted molar refractivity (Wildman–Crippen MR) is 120 cm³/mol. The Kier molecular flexibility index (Phi) is 8.55. The maximum absolute atomic E-state index is 6.20. The van der Waals surface area contributed by atoms with Gasteiger partial charge in [0.15, 0.2) is 5.82 Å². The highest BCUT2D eigenvalue weighted by atomic mass is 79.9. The van der Waals surface area contributed by atoms with E-state index >= 15 is 0 Å². The molecule has 0 aliphatic heterocycles. The zero-order valence-corrected chi connectivity index (χ0v) is 19.4. The molecule has 0 bridgehead atoms. The van der Waals surface area contributed by atoms with Gasteiger partial charge in [-0.1, -0.05) is 46.6 Å². The van der Waals surface area contributed by atoms with E-state index in [2.05, 4.69) is 66.1 Å². The van der Waals surface area contributed by atoms with E-state index in [1.54, 1.807) is 7.11 Å². The maximum atomic E-state index is 6.20. The minimum atomic E-state index is 0.147. The number of anilines is 1. The molecule has 1 aromatic heterocycles. The number of nitrogens with one attached hydrogen (secondary N) is 1. The van der Waals surface area contributed by atoms with Crippen LogP contribution >= 0.6 is 15.9 Å². The third kappa shape index (κ3) is 5.37. The summed E-state index contributed by atoms with van der Waals surface area (Å²) in [4.78, 5) is 9.46. The van der Waals surface area contributed by atoms with Crippen LogP contribution in [0.15, 0.2) is 22.8 Å². The molecule has 2 aromatic rings. The van der Waals surface area contributed by atoms with Crippen molar-refractivity contribution in [1.82, 2.24) is 9.97 Å². The number of halogens is 1. The zero-order valence-electron chi connectivity index (χ0n) is 17.8. The highest BCUT2D eigenvalue weighted by Gasteiger charge is 2.20. The standard InChI is InChI=1S/C22H32BrN3O2/c1-7-9-16(10-8-2)28-22-21(24-5)25-19(20(23)26-22)17-12-11-15(14(3)4)13-18(17)27-6/h11-14,16H,7-10H2,1-6H3,(H,24,25). The van der Waals surface area contributed by atoms with Crippen LogP contribution in [-0.4, -0.2) is 30.2 Å². The first-order chi connectivity index (χ1) is 13.4. The molecule has 0 aliphatic rings. The van der Waals surface area contributed by atoms with Crippen molar-refractivity contribution in [3.63, 3.8) is 0 Å². The normalized spacial score (nSPS) is 11.2. The minimum Gasteiger partial charge on any atom is -0.496 e. The van der Waals surface area contributed by atoms with Crippen molar-refractivity contribution >= 4 is 21.7 Å². The molecular weight excluding hydrogens is 418 g/mol. The molecule has 5 nitrogen and oxygen atoms in total. The number of ether oxygens (including phenoxy) is 2. The third-order valence-electron chi connectivity index (χ3n) is 4.71. The number of methoxy groups -OCH3 is 1. The van der Waals surface area contributed by atoms with Gasteiger partial charge in [0.2, 0.25) is 0 Å². The van der Waals surface area contributed by atoms with E-state index in [0.717, 1.165) is 42.7 Å². The molecule has 0 aliphatic carbocycles. The molecule has 1 aromatic carbocycles. The summed E-state index contributed by atoms with van der Waals surface area (Å²) in [6, 6.07) is 6.22. The fourth-order valence-corrected chi connectivity index (χ4v) is 3.61. The van der Waals surface area contributed by atoms with E-state index in [-0.39, 0.29) is 6.10 Å². The van der Waals surface area contributed by atoms with E-state index < -0.39 is 0 Å². The highest BCUT2D eigenvalue weighted by molar-refractivity contribution is 9.10. The largest absolute Gasteiger partial charge is 0.496 e. The summed E-state index contributed by atoms with van der Waals surface area (Å²) in [6.07, 6.45) is 4.30. The molecule has 28 heavy (non-hydrogen) atoms. The molecule has 154 valence electrons. The first-order valence-corrected chi connectivity index (χ1v) is 10.8. The van der Waals surface area contributed by atoms with Crippen LogP contribution in [0.1, 0.15) is 64.9 Å². The number of hydrogen-bond donors (Lipinski definition) is 1. The number of benzene rings is 1. The lowest BCUT2D eigenvalue weighted by Gasteiger charge is -2.20. The molecule has 0 unspecified atom stereocenters. The van der Waals surface area contributed by atoms with Crippen LogP contribution in [0.3, 0.4) is 0 Å². The lowest BCUT2D eigenvalue weighted by atomic mass is 10.00. The van der Waals surface area contributed by atoms with E-state index in [0.29, 0.717) is 22.2 Å². The molecule has 2 rings (SSSR count). The average Bonchev–Trinajstić information content (AvgIpc) is 2.68. The van der Waals surface area contributed by atoms with Gasteiger partial charge >= 0.3 is 0 Å². The molecule has 1 N–H and O–H groups in total. The van der Waals surface area contributed by atoms with Crippen molar-refractivity contribution < 1.29 is 9.47 Å². The van der Waals surface area contributed by atoms with Crippen molar-refractivity contribution in [3.05, 3.63) is 28.4 Å². The van der Waals surface area contributed by atoms with Gasteiger partial charge in [0.1, 0.15) is 22.2 Å². The lowest BCUT2D eigenvalue weighted by Crippen LogP contribution is -2.18. The summed E-state index contributed by atoms with van der Waals surface area (Å²) in [7, 11) is 3.52. The molecule has 0 radical (unpaired) electrons. The first kappa shape index (κ1) is 22.5. The Morgan fingerprint density at radius 1 is 1.11 bits per heavy atom. The Bertz CT molecular complexity index is 775. The summed E-state index contributed by atoms with van der Waals surface area (Å²) in [5.74, 6) is 2.37. The number of hydrogen-bond acceptors (Lipinski definition) is 5. The molecule has 0 amide bonds. The predicted octanol–water partition coefficient (Wildman–Crippen LogP) is 6.43. The summed E-state index contributed by atoms with van der Waals surface area (Å²) >= 11 is 3.59. The van der Waals surface area contributed by atoms with Crippen LogP contribution in [0.5, 0.6) is 11.6 Å². The minimum absolute atomic E-state index is 0.147. The van der Waals surface area contributed by atoms with Gasteiger partial charge in [-0.2, -0.15) is 0 Å². The Labute approximate surface area is 177 Å². The van der Waals surface area contributed by atoms with Crippen molar-refractivity contribution in [2.45, 2.75) is 65.4 Å². The molecule has 0 fully saturated rings. The summed E-state index contributed by atoms with van der Waals surface area (Å²) < 4.78 is 12.5. The summed E-state index contributed by atoms with van der Waals surface area (Å²) in [5.41, 5.74) is 2.85. The van der Waals surface area contributed by atoms with Gasteiger partial charge in [-0.15, -0.1) is 0 Å². The molecule has 0 spiro atoms. The third-order valence-corrected chi connectivity index (χ3v) is 5.26. The van der Waals surface area contributed by atoms with E-state index in [1.807, 2.05) is 13.1 Å². The quantitative estimate of drug-likeness (QED) is 0.452. The molecule has 6 heteroatoms. The van der Waals surface area contributed by atoms with Gasteiger partial charge in [-0.3, -0.25) is 0 Å². The van der Waals surface area contributed by atoms with Gasteiger partial charge < -0.3 is 14.8 Å². The van der Waals surface area contributed by atoms with Crippen molar-refractivity contribution in [3.8, 4) is 22.9 Å². The van der Waals surface area contributed by atoms with Crippen molar-refractivity contribution in [2.24, 2.45) is 0 Å². The second kappa shape index (κ2) is 10.6. The monoisotopic (exact) mass is 449 g/mol. The molecule has 0 saturated heterocycles. The van der Waals surface area contributed by atoms with E-state index in [4.69, 9.17) is 14.5 Å². The Morgan fingerprint density at radius 3 is 2.32 bits per heavy atom. The second-order valence-corrected chi connectivity index (χ2v) is 7.95. The molecule has 0 atom stereocenters. The Balaban J connectivity index is 2.45. The van der Waals surface area contributed by atoms with E-state index in [9.17, 15) is 0 Å². The first-order valence-electron chi connectivity index (χ1n) is 10.0. The summed E-state index contributed by atoms with van der Waals surface area (Å²) in [6.45, 7) is 8.67. The average molecular weight is 450 g/mol. The van der Waals surface area contributed by atoms with Crippen LogP contribution in [0.4, 0.5) is 5.82 Å². The fraction of sp³-hybridized carbons (Fsp3) is 0.545. The molecule has 0 saturated carbocycles. The topological polar surface area (TPSA) is 56.3 Å². The van der Waals surface area contributed by atoms with Crippen LogP contribution < -0.4 is 14.8 Å². The Hall–Kier alpha value is -1.82. The Morgan fingerprint density at radius 2 is 1.79 bits per heavy atom. The zero-order chi connectivity index (χ0) is 20.7. The number of aromatic nitrogens is 2. The van der Waals surface area contributed by atoms with Gasteiger partial charge in [0.05, 0.1) is 7.11 Å². The second-order valence-electron chi connectivity index (χ2n) is 7.20. The molecule has 1 heterocycles. The van der Waals surface area contributed by atoms with Crippen LogP contribution in [-0.2, 0) is 0 Å². The SMILES string of the molecule is CCCC(CCC)Oc1nc(Br)c(-c2ccc(C(C)C)cc2OC)nc1NC. The number of nitrogens with zero attached hydrogens (tertiary/aromatic N) is 2. The van der Waals surface area contributed by atoms with Crippen LogP contribution in [0.25, 0.3) is 11.3 Å². The number of rotatable bonds is 10. The van der Waals surface area contributed by atoms with Gasteiger partial charge in [-0.25, -0.2) is 9.97 Å². The van der Waals surface area contributed by atoms with Crippen LogP contribution in [0, 0.1) is 0 Å². The smallest absolute Gasteiger partial charge is 0.258 e. The lowest BCUT2D eigenvalue weighted by molar-refractivity contribution is 0.171. The van der Waals surface area contributed by atoms with Crippen molar-refractivity contribution in [2.75, 3.05) is 19.5 Å². The van der Waals surface area contributed by atoms with Crippen molar-refractivity contribution in [1.29, 1.82) is 0 Å². The maximum Gasteiger partial charge on any atom is 0.258 e. The van der Waals surface area contributed by atoms with Gasteiger partial charge in [0.25, 0.3) is 5.88 Å². The van der Waals surface area contributed by atoms with Gasteiger partial charge in [0, 0.05) is 12.6 Å². The fourth-order valence-electron chi connectivity index (χ4n) is 3.14. The molecular formula is C22H32BrN3O2. The highest BCUT2D eigenvalue weighted by Crippen LogP contribution is 2.38.